The maximum absolute atomic E-state index is 13.7. The fourth-order valence-electron chi connectivity index (χ4n) is 4.16. The summed E-state index contributed by atoms with van der Waals surface area (Å²) in [4.78, 5) is 25.5. The Morgan fingerprint density at radius 1 is 1.18 bits per heavy atom. The maximum Gasteiger partial charge on any atom is 0.341 e. The molecule has 1 aliphatic heterocycles. The molecule has 3 rings (SSSR count). The van der Waals surface area contributed by atoms with Crippen LogP contribution in [0.3, 0.4) is 0 Å². The zero-order chi connectivity index (χ0) is 24.3. The van der Waals surface area contributed by atoms with E-state index in [-0.39, 0.29) is 36.1 Å². The molecule has 9 nitrogen and oxygen atoms in total. The number of rotatable bonds is 7. The highest BCUT2D eigenvalue weighted by atomic mass is 32.2. The minimum Gasteiger partial charge on any atom is -0.495 e. The number of carbonyl (C=O) groups is 2. The van der Waals surface area contributed by atoms with Crippen molar-refractivity contribution in [3.63, 3.8) is 0 Å². The van der Waals surface area contributed by atoms with E-state index in [2.05, 4.69) is 5.32 Å². The van der Waals surface area contributed by atoms with Crippen molar-refractivity contribution in [2.45, 2.75) is 38.5 Å². The van der Waals surface area contributed by atoms with Gasteiger partial charge in [0.1, 0.15) is 16.2 Å². The zero-order valence-electron chi connectivity index (χ0n) is 19.7. The number of para-hydroxylation sites is 2. The Hall–Kier alpha value is -2.85. The number of methoxy groups -OCH3 is 1. The first-order valence-corrected chi connectivity index (χ1v) is 12.3. The molecule has 180 valence electrons. The molecule has 1 fully saturated rings. The lowest BCUT2D eigenvalue weighted by atomic mass is 9.98. The average Bonchev–Trinajstić information content (AvgIpc) is 3.04. The second-order valence-electron chi connectivity index (χ2n) is 8.05. The smallest absolute Gasteiger partial charge is 0.341 e. The number of aromatic nitrogens is 1. The highest BCUT2D eigenvalue weighted by Crippen LogP contribution is 2.32. The number of benzene rings is 1. The molecule has 1 amide bonds. The van der Waals surface area contributed by atoms with Gasteiger partial charge in [-0.3, -0.25) is 4.79 Å². The molecule has 1 saturated heterocycles. The summed E-state index contributed by atoms with van der Waals surface area (Å²) in [5.74, 6) is -0.944. The topological polar surface area (TPSA) is 107 Å². The van der Waals surface area contributed by atoms with Crippen LogP contribution in [0.15, 0.2) is 29.2 Å². The fraction of sp³-hybridized carbons (Fsp3) is 0.478. The van der Waals surface area contributed by atoms with Crippen LogP contribution < -0.4 is 10.1 Å². The number of carbonyl (C=O) groups excluding carboxylic acids is 2. The van der Waals surface area contributed by atoms with Crippen LogP contribution in [0.1, 0.15) is 41.5 Å². The minimum atomic E-state index is -4.03. The fourth-order valence-corrected chi connectivity index (χ4v) is 6.17. The van der Waals surface area contributed by atoms with Gasteiger partial charge in [-0.2, -0.15) is 4.31 Å². The van der Waals surface area contributed by atoms with Crippen molar-refractivity contribution in [3.8, 4) is 5.75 Å². The van der Waals surface area contributed by atoms with Gasteiger partial charge in [0, 0.05) is 31.5 Å². The Morgan fingerprint density at radius 2 is 1.88 bits per heavy atom. The minimum absolute atomic E-state index is 0.0267. The monoisotopic (exact) mass is 477 g/mol. The van der Waals surface area contributed by atoms with Gasteiger partial charge in [-0.15, -0.1) is 0 Å². The van der Waals surface area contributed by atoms with Crippen LogP contribution in [0.2, 0.25) is 0 Å². The Kier molecular flexibility index (Phi) is 7.48. The van der Waals surface area contributed by atoms with Crippen molar-refractivity contribution >= 4 is 27.6 Å². The van der Waals surface area contributed by atoms with E-state index in [1.165, 1.54) is 11.4 Å². The molecular weight excluding hydrogens is 446 g/mol. The van der Waals surface area contributed by atoms with Crippen LogP contribution in [0, 0.1) is 19.8 Å². The summed E-state index contributed by atoms with van der Waals surface area (Å²) >= 11 is 0. The third kappa shape index (κ3) is 4.77. The Labute approximate surface area is 194 Å². The molecular formula is C23H31N3O6S. The molecule has 0 spiro atoms. The van der Waals surface area contributed by atoms with Gasteiger partial charge in [-0.25, -0.2) is 13.2 Å². The molecule has 0 aliphatic carbocycles. The Bertz CT molecular complexity index is 1160. The van der Waals surface area contributed by atoms with E-state index in [0.717, 1.165) is 0 Å². The highest BCUT2D eigenvalue weighted by Gasteiger charge is 2.39. The number of amides is 1. The van der Waals surface area contributed by atoms with Crippen molar-refractivity contribution < 1.29 is 27.5 Å². The lowest BCUT2D eigenvalue weighted by molar-refractivity contribution is -0.120. The summed E-state index contributed by atoms with van der Waals surface area (Å²) in [5.41, 5.74) is 1.56. The summed E-state index contributed by atoms with van der Waals surface area (Å²) in [6.07, 6.45) is 1.09. The first-order chi connectivity index (χ1) is 15.6. The van der Waals surface area contributed by atoms with E-state index < -0.39 is 21.9 Å². The molecule has 0 bridgehead atoms. The second-order valence-corrected chi connectivity index (χ2v) is 9.92. The number of nitrogens with zero attached hydrogens (tertiary/aromatic N) is 2. The standard InChI is InChI=1S/C23H31N3O6S/c1-6-32-23(28)20-15(2)25(4)16(3)21(20)33(29,30)26-13-9-10-17(14-26)22(27)24-18-11-7-8-12-19(18)31-5/h7-8,11-12,17H,6,9-10,13-14H2,1-5H3,(H,24,27). The van der Waals surface area contributed by atoms with Crippen molar-refractivity contribution in [1.82, 2.24) is 8.87 Å². The number of anilines is 1. The third-order valence-electron chi connectivity index (χ3n) is 6.12. The van der Waals surface area contributed by atoms with Crippen molar-refractivity contribution in [1.29, 1.82) is 0 Å². The predicted molar refractivity (Wildman–Crippen MR) is 124 cm³/mol. The van der Waals surface area contributed by atoms with Crippen molar-refractivity contribution in [2.24, 2.45) is 13.0 Å². The SMILES string of the molecule is CCOC(=O)c1c(S(=O)(=O)N2CCCC(C(=O)Nc3ccccc3OC)C2)c(C)n(C)c1C. The van der Waals surface area contributed by atoms with Gasteiger partial charge in [-0.1, -0.05) is 12.1 Å². The molecule has 1 unspecified atom stereocenters. The molecule has 1 aliphatic rings. The van der Waals surface area contributed by atoms with Gasteiger partial charge in [0.15, 0.2) is 0 Å². The van der Waals surface area contributed by atoms with Crippen LogP contribution >= 0.6 is 0 Å². The first-order valence-electron chi connectivity index (χ1n) is 10.9. The quantitative estimate of drug-likeness (QED) is 0.615. The van der Waals surface area contributed by atoms with E-state index in [1.807, 2.05) is 0 Å². The molecule has 0 radical (unpaired) electrons. The van der Waals surface area contributed by atoms with E-state index in [9.17, 15) is 18.0 Å². The Morgan fingerprint density at radius 3 is 2.55 bits per heavy atom. The van der Waals surface area contributed by atoms with E-state index in [4.69, 9.17) is 9.47 Å². The number of nitrogens with one attached hydrogen (secondary N) is 1. The van der Waals surface area contributed by atoms with E-state index in [1.54, 1.807) is 56.7 Å². The normalized spacial score (nSPS) is 16.9. The highest BCUT2D eigenvalue weighted by molar-refractivity contribution is 7.89. The molecule has 0 saturated carbocycles. The van der Waals surface area contributed by atoms with Crippen LogP contribution in [0.4, 0.5) is 5.69 Å². The summed E-state index contributed by atoms with van der Waals surface area (Å²) in [6, 6.07) is 7.06. The van der Waals surface area contributed by atoms with Crippen molar-refractivity contribution in [3.05, 3.63) is 41.2 Å². The number of piperidine rings is 1. The number of hydrogen-bond acceptors (Lipinski definition) is 6. The molecule has 10 heteroatoms. The molecule has 1 N–H and O–H groups in total. The number of hydrogen-bond donors (Lipinski definition) is 1. The van der Waals surface area contributed by atoms with Gasteiger partial charge in [-0.05, 0) is 45.7 Å². The van der Waals surface area contributed by atoms with Crippen LogP contribution in [-0.2, 0) is 26.6 Å². The molecule has 33 heavy (non-hydrogen) atoms. The van der Waals surface area contributed by atoms with Gasteiger partial charge in [0.05, 0.1) is 25.3 Å². The number of ether oxygens (including phenoxy) is 2. The first kappa shape index (κ1) is 24.8. The average molecular weight is 478 g/mol. The van der Waals surface area contributed by atoms with Gasteiger partial charge in [0.25, 0.3) is 0 Å². The summed E-state index contributed by atoms with van der Waals surface area (Å²) < 4.78 is 40.8. The summed E-state index contributed by atoms with van der Waals surface area (Å²) in [6.45, 7) is 5.47. The number of sulfonamides is 1. The summed E-state index contributed by atoms with van der Waals surface area (Å²) in [7, 11) is -0.800. The van der Waals surface area contributed by atoms with Crippen LogP contribution in [-0.4, -0.2) is 56.0 Å². The molecule has 2 aromatic rings. The lowest BCUT2D eigenvalue weighted by Gasteiger charge is -2.31. The van der Waals surface area contributed by atoms with E-state index >= 15 is 0 Å². The molecule has 2 heterocycles. The maximum atomic E-state index is 13.7. The zero-order valence-corrected chi connectivity index (χ0v) is 20.5. The van der Waals surface area contributed by atoms with E-state index in [0.29, 0.717) is 35.7 Å². The summed E-state index contributed by atoms with van der Waals surface area (Å²) in [5, 5.41) is 2.85. The van der Waals surface area contributed by atoms with Gasteiger partial charge in [0.2, 0.25) is 15.9 Å². The van der Waals surface area contributed by atoms with Gasteiger partial charge >= 0.3 is 5.97 Å². The number of esters is 1. The van der Waals surface area contributed by atoms with Crippen LogP contribution in [0.25, 0.3) is 0 Å². The lowest BCUT2D eigenvalue weighted by Crippen LogP contribution is -2.44. The molecule has 1 aromatic heterocycles. The van der Waals surface area contributed by atoms with Gasteiger partial charge < -0.3 is 19.4 Å². The third-order valence-corrected chi connectivity index (χ3v) is 8.15. The second kappa shape index (κ2) is 9.96. The molecule has 1 atom stereocenters. The largest absolute Gasteiger partial charge is 0.495 e. The predicted octanol–water partition coefficient (Wildman–Crippen LogP) is 2.87. The van der Waals surface area contributed by atoms with Crippen molar-refractivity contribution in [2.75, 3.05) is 32.1 Å². The Balaban J connectivity index is 1.89. The van der Waals surface area contributed by atoms with Crippen LogP contribution in [0.5, 0.6) is 5.75 Å². The molecule has 1 aromatic carbocycles.